The van der Waals surface area contributed by atoms with Gasteiger partial charge in [-0.1, -0.05) is 0 Å². The van der Waals surface area contributed by atoms with Gasteiger partial charge in [0.2, 0.25) is 0 Å². The van der Waals surface area contributed by atoms with Crippen LogP contribution in [-0.4, -0.2) is 16.1 Å². The van der Waals surface area contributed by atoms with E-state index in [1.807, 2.05) is 5.92 Å². The average Bonchev–Trinajstić information content (AvgIpc) is 2.31. The molecular formula is C7H5NO3. The molecule has 1 N–H and O–H groups in total. The Balaban J connectivity index is 2.82. The number of aliphatic carboxylic acids is 1. The van der Waals surface area contributed by atoms with E-state index in [-0.39, 0.29) is 0 Å². The van der Waals surface area contributed by atoms with Crippen LogP contribution in [0.2, 0.25) is 0 Å². The molecule has 56 valence electrons. The van der Waals surface area contributed by atoms with E-state index in [9.17, 15) is 4.79 Å². The molecule has 11 heavy (non-hydrogen) atoms. The number of hydrogen-bond donors (Lipinski definition) is 1. The molecule has 0 unspecified atom stereocenters. The lowest BCUT2D eigenvalue weighted by atomic mass is 10.5. The van der Waals surface area contributed by atoms with Gasteiger partial charge in [-0.05, 0) is 5.92 Å². The minimum atomic E-state index is -1.18. The molecule has 0 saturated carbocycles. The van der Waals surface area contributed by atoms with E-state index in [4.69, 9.17) is 9.52 Å². The molecule has 0 bridgehead atoms. The highest BCUT2D eigenvalue weighted by Gasteiger charge is 1.93. The lowest BCUT2D eigenvalue weighted by Gasteiger charge is -1.71. The molecule has 0 radical (unpaired) electrons. The SMILES string of the molecule is Cc1nc(C#CC(=O)O)co1. The van der Waals surface area contributed by atoms with Crippen LogP contribution in [0.1, 0.15) is 11.6 Å². The molecule has 0 aliphatic heterocycles. The summed E-state index contributed by atoms with van der Waals surface area (Å²) in [7, 11) is 0. The summed E-state index contributed by atoms with van der Waals surface area (Å²) in [5.41, 5.74) is 0.338. The smallest absolute Gasteiger partial charge is 0.382 e. The fourth-order valence-electron chi connectivity index (χ4n) is 0.538. The van der Waals surface area contributed by atoms with Gasteiger partial charge in [-0.2, -0.15) is 0 Å². The molecule has 1 aromatic rings. The molecule has 1 heterocycles. The number of nitrogens with zero attached hydrogens (tertiary/aromatic N) is 1. The van der Waals surface area contributed by atoms with Crippen molar-refractivity contribution in [1.29, 1.82) is 0 Å². The first-order valence-corrected chi connectivity index (χ1v) is 2.85. The van der Waals surface area contributed by atoms with Gasteiger partial charge in [-0.25, -0.2) is 9.78 Å². The van der Waals surface area contributed by atoms with Gasteiger partial charge in [0, 0.05) is 12.8 Å². The maximum Gasteiger partial charge on any atom is 0.382 e. The van der Waals surface area contributed by atoms with E-state index >= 15 is 0 Å². The van der Waals surface area contributed by atoms with Crippen molar-refractivity contribution in [2.24, 2.45) is 0 Å². The van der Waals surface area contributed by atoms with Gasteiger partial charge < -0.3 is 9.52 Å². The Morgan fingerprint density at radius 3 is 3.00 bits per heavy atom. The number of aromatic nitrogens is 1. The molecule has 1 aromatic heterocycles. The molecule has 4 heteroatoms. The fraction of sp³-hybridized carbons (Fsp3) is 0.143. The quantitative estimate of drug-likeness (QED) is 0.546. The zero-order valence-electron chi connectivity index (χ0n) is 5.79. The molecule has 4 nitrogen and oxygen atoms in total. The molecular weight excluding hydrogens is 146 g/mol. The second-order valence-corrected chi connectivity index (χ2v) is 1.81. The van der Waals surface area contributed by atoms with Crippen molar-refractivity contribution in [2.75, 3.05) is 0 Å². The monoisotopic (exact) mass is 151 g/mol. The Labute approximate surface area is 62.9 Å². The molecule has 1 rings (SSSR count). The predicted octanol–water partition coefficient (Wildman–Crippen LogP) is 0.419. The minimum Gasteiger partial charge on any atom is -0.472 e. The Bertz CT molecular complexity index is 329. The first-order valence-electron chi connectivity index (χ1n) is 2.85. The van der Waals surface area contributed by atoms with Gasteiger partial charge in [0.05, 0.1) is 0 Å². The maximum absolute atomic E-state index is 9.95. The zero-order valence-corrected chi connectivity index (χ0v) is 5.79. The lowest BCUT2D eigenvalue weighted by Crippen LogP contribution is -1.87. The summed E-state index contributed by atoms with van der Waals surface area (Å²) in [6, 6.07) is 0. The van der Waals surface area contributed by atoms with E-state index < -0.39 is 5.97 Å². The summed E-state index contributed by atoms with van der Waals surface area (Å²) < 4.78 is 4.79. The third-order valence-corrected chi connectivity index (χ3v) is 0.917. The van der Waals surface area contributed by atoms with E-state index in [1.165, 1.54) is 6.26 Å². The summed E-state index contributed by atoms with van der Waals surface area (Å²) in [5, 5.41) is 8.15. The summed E-state index contributed by atoms with van der Waals surface area (Å²) in [6.45, 7) is 1.66. The topological polar surface area (TPSA) is 63.3 Å². The molecule has 0 amide bonds. The number of carboxylic acids is 1. The second kappa shape index (κ2) is 2.88. The van der Waals surface area contributed by atoms with Crippen molar-refractivity contribution < 1.29 is 14.3 Å². The van der Waals surface area contributed by atoms with Crippen LogP contribution in [-0.2, 0) is 4.79 Å². The Hall–Kier alpha value is -1.76. The van der Waals surface area contributed by atoms with Gasteiger partial charge in [0.25, 0.3) is 0 Å². The van der Waals surface area contributed by atoms with Crippen molar-refractivity contribution >= 4 is 5.97 Å². The Morgan fingerprint density at radius 2 is 2.55 bits per heavy atom. The molecule has 0 saturated heterocycles. The first kappa shape index (κ1) is 7.35. The Kier molecular flexibility index (Phi) is 1.93. The molecule has 0 aliphatic carbocycles. The molecule has 0 fully saturated rings. The summed E-state index contributed by atoms with van der Waals surface area (Å²) in [4.78, 5) is 13.7. The van der Waals surface area contributed by atoms with E-state index in [0.717, 1.165) is 0 Å². The summed E-state index contributed by atoms with van der Waals surface area (Å²) in [5.74, 6) is 3.53. The highest BCUT2D eigenvalue weighted by atomic mass is 16.4. The Morgan fingerprint density at radius 1 is 1.82 bits per heavy atom. The number of carboxylic acid groups (broad SMARTS) is 1. The van der Waals surface area contributed by atoms with Gasteiger partial charge in [-0.15, -0.1) is 0 Å². The van der Waals surface area contributed by atoms with Crippen LogP contribution in [0.15, 0.2) is 10.7 Å². The molecule has 0 aromatic carbocycles. The van der Waals surface area contributed by atoms with Crippen LogP contribution < -0.4 is 0 Å². The molecule has 0 atom stereocenters. The normalized spacial score (nSPS) is 8.45. The third-order valence-electron chi connectivity index (χ3n) is 0.917. The number of carbonyl (C=O) groups is 1. The predicted molar refractivity (Wildman–Crippen MR) is 35.8 cm³/mol. The second-order valence-electron chi connectivity index (χ2n) is 1.81. The van der Waals surface area contributed by atoms with Gasteiger partial charge >= 0.3 is 5.97 Å². The van der Waals surface area contributed by atoms with Gasteiger partial charge in [0.15, 0.2) is 11.6 Å². The highest BCUT2D eigenvalue weighted by molar-refractivity contribution is 5.87. The van der Waals surface area contributed by atoms with Crippen LogP contribution >= 0.6 is 0 Å². The van der Waals surface area contributed by atoms with Crippen molar-refractivity contribution in [2.45, 2.75) is 6.92 Å². The number of oxazole rings is 1. The number of rotatable bonds is 0. The van der Waals surface area contributed by atoms with Crippen molar-refractivity contribution in [3.63, 3.8) is 0 Å². The summed E-state index contributed by atoms with van der Waals surface area (Å²) in [6.07, 6.45) is 1.31. The standard InChI is InChI=1S/C7H5NO3/c1-5-8-6(4-11-5)2-3-7(9)10/h4H,1H3,(H,9,10). The lowest BCUT2D eigenvalue weighted by molar-refractivity contribution is -0.130. The van der Waals surface area contributed by atoms with Crippen LogP contribution in [0.25, 0.3) is 0 Å². The van der Waals surface area contributed by atoms with Crippen molar-refractivity contribution in [3.8, 4) is 11.8 Å². The van der Waals surface area contributed by atoms with E-state index in [2.05, 4.69) is 10.9 Å². The molecule has 0 aliphatic rings. The largest absolute Gasteiger partial charge is 0.472 e. The van der Waals surface area contributed by atoms with E-state index in [1.54, 1.807) is 6.92 Å². The number of aryl methyl sites for hydroxylation is 1. The van der Waals surface area contributed by atoms with Gasteiger partial charge in [-0.3, -0.25) is 0 Å². The highest BCUT2D eigenvalue weighted by Crippen LogP contribution is 1.96. The van der Waals surface area contributed by atoms with E-state index in [0.29, 0.717) is 11.6 Å². The van der Waals surface area contributed by atoms with Crippen LogP contribution in [0.4, 0.5) is 0 Å². The van der Waals surface area contributed by atoms with Crippen LogP contribution in [0.5, 0.6) is 0 Å². The summed E-state index contributed by atoms with van der Waals surface area (Å²) >= 11 is 0. The zero-order chi connectivity index (χ0) is 8.27. The molecule has 0 spiro atoms. The minimum absolute atomic E-state index is 0.338. The van der Waals surface area contributed by atoms with Crippen LogP contribution in [0.3, 0.4) is 0 Å². The maximum atomic E-state index is 9.95. The first-order chi connectivity index (χ1) is 5.18. The fourth-order valence-corrected chi connectivity index (χ4v) is 0.538. The van der Waals surface area contributed by atoms with Crippen molar-refractivity contribution in [1.82, 2.24) is 4.98 Å². The van der Waals surface area contributed by atoms with Crippen molar-refractivity contribution in [3.05, 3.63) is 17.8 Å². The third kappa shape index (κ3) is 2.14. The van der Waals surface area contributed by atoms with Crippen LogP contribution in [0, 0.1) is 18.8 Å². The average molecular weight is 151 g/mol. The van der Waals surface area contributed by atoms with Gasteiger partial charge in [0.1, 0.15) is 6.26 Å². The number of hydrogen-bond acceptors (Lipinski definition) is 3.